The number of nitrogens with one attached hydrogen (secondary N) is 2. The lowest BCUT2D eigenvalue weighted by molar-refractivity contribution is -0.120. The molecule has 2 N–H and O–H groups in total. The highest BCUT2D eigenvalue weighted by Gasteiger charge is 2.15. The number of hydrogen-bond acceptors (Lipinski definition) is 5. The molecule has 2 rings (SSSR count). The number of anilines is 1. The van der Waals surface area contributed by atoms with E-state index in [9.17, 15) is 9.59 Å². The third-order valence-electron chi connectivity index (χ3n) is 3.69. The molecule has 0 radical (unpaired) electrons. The Bertz CT molecular complexity index is 498. The van der Waals surface area contributed by atoms with Crippen molar-refractivity contribution >= 4 is 28.5 Å². The van der Waals surface area contributed by atoms with E-state index < -0.39 is 6.09 Å². The molecule has 1 heterocycles. The van der Waals surface area contributed by atoms with Crippen molar-refractivity contribution in [2.24, 2.45) is 5.92 Å². The Labute approximate surface area is 134 Å². The zero-order chi connectivity index (χ0) is 15.8. The molecule has 1 aromatic heterocycles. The smallest absolute Gasteiger partial charge is 0.413 e. The SMILES string of the molecule is CCOC(=O)Nc1nc(CC(=O)NCC2CCCCC2)cs1. The van der Waals surface area contributed by atoms with Crippen LogP contribution in [0.4, 0.5) is 9.93 Å². The molecule has 0 saturated heterocycles. The van der Waals surface area contributed by atoms with E-state index in [0.717, 1.165) is 6.54 Å². The molecule has 1 aliphatic carbocycles. The first-order valence-electron chi connectivity index (χ1n) is 7.82. The quantitative estimate of drug-likeness (QED) is 0.842. The maximum Gasteiger partial charge on any atom is 0.413 e. The average Bonchev–Trinajstić information content (AvgIpc) is 2.93. The Kier molecular flexibility index (Phi) is 6.64. The Morgan fingerprint density at radius 2 is 2.14 bits per heavy atom. The minimum atomic E-state index is -0.523. The van der Waals surface area contributed by atoms with Crippen molar-refractivity contribution in [2.75, 3.05) is 18.5 Å². The summed E-state index contributed by atoms with van der Waals surface area (Å²) in [5.41, 5.74) is 0.665. The van der Waals surface area contributed by atoms with Crippen LogP contribution in [0.25, 0.3) is 0 Å². The van der Waals surface area contributed by atoms with Crippen molar-refractivity contribution < 1.29 is 14.3 Å². The van der Waals surface area contributed by atoms with Gasteiger partial charge < -0.3 is 10.1 Å². The fourth-order valence-corrected chi connectivity index (χ4v) is 3.27. The van der Waals surface area contributed by atoms with Crippen molar-refractivity contribution in [3.63, 3.8) is 0 Å². The molecule has 1 aromatic rings. The van der Waals surface area contributed by atoms with Crippen LogP contribution in [0.15, 0.2) is 5.38 Å². The standard InChI is InChI=1S/C15H23N3O3S/c1-2-21-15(20)18-14-17-12(10-22-14)8-13(19)16-9-11-6-4-3-5-7-11/h10-11H,2-9H2,1H3,(H,16,19)(H,17,18,20). The van der Waals surface area contributed by atoms with E-state index in [4.69, 9.17) is 4.74 Å². The van der Waals surface area contributed by atoms with Crippen LogP contribution in [0.2, 0.25) is 0 Å². The van der Waals surface area contributed by atoms with Gasteiger partial charge in [-0.25, -0.2) is 9.78 Å². The van der Waals surface area contributed by atoms with Crippen LogP contribution in [-0.4, -0.2) is 30.1 Å². The molecular formula is C15H23N3O3S. The topological polar surface area (TPSA) is 80.3 Å². The zero-order valence-corrected chi connectivity index (χ0v) is 13.7. The first-order chi connectivity index (χ1) is 10.7. The summed E-state index contributed by atoms with van der Waals surface area (Å²) in [6, 6.07) is 0. The van der Waals surface area contributed by atoms with Crippen LogP contribution in [0, 0.1) is 5.92 Å². The second kappa shape index (κ2) is 8.73. The number of carbonyl (C=O) groups is 2. The number of carbonyl (C=O) groups excluding carboxylic acids is 2. The highest BCUT2D eigenvalue weighted by atomic mass is 32.1. The van der Waals surface area contributed by atoms with Gasteiger partial charge in [0.1, 0.15) is 0 Å². The van der Waals surface area contributed by atoms with Crippen LogP contribution in [0.5, 0.6) is 0 Å². The van der Waals surface area contributed by atoms with E-state index in [0.29, 0.717) is 23.4 Å². The number of nitrogens with zero attached hydrogens (tertiary/aromatic N) is 1. The van der Waals surface area contributed by atoms with Gasteiger partial charge in [0.25, 0.3) is 0 Å². The van der Waals surface area contributed by atoms with Gasteiger partial charge in [-0.05, 0) is 25.7 Å². The number of ether oxygens (including phenoxy) is 1. The highest BCUT2D eigenvalue weighted by molar-refractivity contribution is 7.13. The predicted molar refractivity (Wildman–Crippen MR) is 86.0 cm³/mol. The van der Waals surface area contributed by atoms with Crippen LogP contribution >= 0.6 is 11.3 Å². The van der Waals surface area contributed by atoms with E-state index in [-0.39, 0.29) is 12.3 Å². The van der Waals surface area contributed by atoms with Crippen molar-refractivity contribution in [1.82, 2.24) is 10.3 Å². The molecule has 0 spiro atoms. The summed E-state index contributed by atoms with van der Waals surface area (Å²) in [4.78, 5) is 27.4. The number of rotatable bonds is 6. The highest BCUT2D eigenvalue weighted by Crippen LogP contribution is 2.22. The molecule has 0 unspecified atom stereocenters. The van der Waals surface area contributed by atoms with Crippen molar-refractivity contribution in [3.05, 3.63) is 11.1 Å². The molecule has 1 aliphatic rings. The summed E-state index contributed by atoms with van der Waals surface area (Å²) >= 11 is 1.29. The lowest BCUT2D eigenvalue weighted by Crippen LogP contribution is -2.31. The zero-order valence-electron chi connectivity index (χ0n) is 12.9. The van der Waals surface area contributed by atoms with E-state index in [1.165, 1.54) is 43.4 Å². The van der Waals surface area contributed by atoms with Crippen molar-refractivity contribution in [1.29, 1.82) is 0 Å². The number of thiazole rings is 1. The van der Waals surface area contributed by atoms with Crippen LogP contribution in [0.1, 0.15) is 44.7 Å². The molecule has 122 valence electrons. The summed E-state index contributed by atoms with van der Waals surface area (Å²) < 4.78 is 4.78. The monoisotopic (exact) mass is 325 g/mol. The van der Waals surface area contributed by atoms with Gasteiger partial charge in [0.05, 0.1) is 18.7 Å². The first kappa shape index (κ1) is 16.7. The number of amides is 2. The molecule has 22 heavy (non-hydrogen) atoms. The Balaban J connectivity index is 1.72. The van der Waals surface area contributed by atoms with Gasteiger partial charge in [0.2, 0.25) is 5.91 Å². The molecule has 6 nitrogen and oxygen atoms in total. The maximum atomic E-state index is 11.9. The second-order valence-corrected chi connectivity index (χ2v) is 6.33. The molecule has 1 saturated carbocycles. The Morgan fingerprint density at radius 3 is 2.86 bits per heavy atom. The molecule has 0 aromatic carbocycles. The van der Waals surface area contributed by atoms with E-state index in [1.807, 2.05) is 0 Å². The molecule has 2 amide bonds. The van der Waals surface area contributed by atoms with Gasteiger partial charge in [-0.3, -0.25) is 10.1 Å². The second-order valence-electron chi connectivity index (χ2n) is 5.47. The summed E-state index contributed by atoms with van der Waals surface area (Å²) in [5, 5.41) is 7.75. The summed E-state index contributed by atoms with van der Waals surface area (Å²) in [5.74, 6) is 0.604. The third kappa shape index (κ3) is 5.63. The normalized spacial score (nSPS) is 15.3. The lowest BCUT2D eigenvalue weighted by atomic mass is 9.89. The third-order valence-corrected chi connectivity index (χ3v) is 4.50. The fourth-order valence-electron chi connectivity index (χ4n) is 2.58. The molecule has 0 aliphatic heterocycles. The van der Waals surface area contributed by atoms with Gasteiger partial charge in [0.15, 0.2) is 5.13 Å². The van der Waals surface area contributed by atoms with Gasteiger partial charge in [-0.1, -0.05) is 19.3 Å². The minimum Gasteiger partial charge on any atom is -0.450 e. The minimum absolute atomic E-state index is 0.0152. The summed E-state index contributed by atoms with van der Waals surface area (Å²) in [7, 11) is 0. The van der Waals surface area contributed by atoms with E-state index in [2.05, 4.69) is 15.6 Å². The van der Waals surface area contributed by atoms with E-state index >= 15 is 0 Å². The van der Waals surface area contributed by atoms with E-state index in [1.54, 1.807) is 12.3 Å². The maximum absolute atomic E-state index is 11.9. The Morgan fingerprint density at radius 1 is 1.36 bits per heavy atom. The van der Waals surface area contributed by atoms with Gasteiger partial charge in [0, 0.05) is 11.9 Å². The van der Waals surface area contributed by atoms with Crippen LogP contribution in [0.3, 0.4) is 0 Å². The summed E-state index contributed by atoms with van der Waals surface area (Å²) in [6.07, 6.45) is 6.01. The molecule has 0 bridgehead atoms. The lowest BCUT2D eigenvalue weighted by Gasteiger charge is -2.21. The van der Waals surface area contributed by atoms with Gasteiger partial charge in [-0.2, -0.15) is 0 Å². The van der Waals surface area contributed by atoms with Crippen LogP contribution < -0.4 is 10.6 Å². The van der Waals surface area contributed by atoms with Crippen LogP contribution in [-0.2, 0) is 16.0 Å². The largest absolute Gasteiger partial charge is 0.450 e. The molecule has 1 fully saturated rings. The van der Waals surface area contributed by atoms with Gasteiger partial charge >= 0.3 is 6.09 Å². The molecule has 7 heteroatoms. The number of hydrogen-bond donors (Lipinski definition) is 2. The average molecular weight is 325 g/mol. The molecular weight excluding hydrogens is 302 g/mol. The molecule has 0 atom stereocenters. The van der Waals surface area contributed by atoms with Crippen molar-refractivity contribution in [3.8, 4) is 0 Å². The predicted octanol–water partition coefficient (Wildman–Crippen LogP) is 2.95. The van der Waals surface area contributed by atoms with Crippen molar-refractivity contribution in [2.45, 2.75) is 45.4 Å². The Hall–Kier alpha value is -1.63. The fraction of sp³-hybridized carbons (Fsp3) is 0.667. The number of aromatic nitrogens is 1. The van der Waals surface area contributed by atoms with Gasteiger partial charge in [-0.15, -0.1) is 11.3 Å². The summed E-state index contributed by atoms with van der Waals surface area (Å²) in [6.45, 7) is 2.81. The first-order valence-corrected chi connectivity index (χ1v) is 8.70.